The van der Waals surface area contributed by atoms with E-state index >= 15 is 0 Å². The summed E-state index contributed by atoms with van der Waals surface area (Å²) in [6, 6.07) is 11.0. The van der Waals surface area contributed by atoms with Crippen molar-refractivity contribution < 1.29 is 26.7 Å². The van der Waals surface area contributed by atoms with Crippen molar-refractivity contribution in [2.45, 2.75) is 35.8 Å². The maximum atomic E-state index is 13.3. The van der Waals surface area contributed by atoms with E-state index in [-0.39, 0.29) is 29.5 Å². The van der Waals surface area contributed by atoms with Crippen LogP contribution in [0.25, 0.3) is 0 Å². The molecule has 0 saturated heterocycles. The van der Waals surface area contributed by atoms with E-state index in [4.69, 9.17) is 27.9 Å². The number of ether oxygens (including phenoxy) is 1. The van der Waals surface area contributed by atoms with Gasteiger partial charge in [0, 0.05) is 43.3 Å². The SMILES string of the molecule is CO[C@H](CN(C)S(=O)(=O)c1cccc(Cl)c1)[C@H](C)CN([C@@H](C)CO)S(=O)(=O)c1ccc(Cl)cc1. The van der Waals surface area contributed by atoms with Crippen molar-refractivity contribution in [3.8, 4) is 0 Å². The number of hydrogen-bond donors (Lipinski definition) is 1. The molecule has 190 valence electrons. The molecule has 12 heteroatoms. The average Bonchev–Trinajstić information content (AvgIpc) is 2.80. The lowest BCUT2D eigenvalue weighted by Crippen LogP contribution is -2.47. The van der Waals surface area contributed by atoms with Gasteiger partial charge in [0.05, 0.1) is 22.5 Å². The fourth-order valence-corrected chi connectivity index (χ4v) is 6.73. The Morgan fingerprint density at radius 3 is 2.06 bits per heavy atom. The van der Waals surface area contributed by atoms with Crippen LogP contribution in [0.1, 0.15) is 13.8 Å². The van der Waals surface area contributed by atoms with Crippen molar-refractivity contribution >= 4 is 43.2 Å². The molecule has 2 aromatic rings. The molecule has 0 spiro atoms. The molecule has 0 aliphatic heterocycles. The monoisotopic (exact) mass is 552 g/mol. The van der Waals surface area contributed by atoms with Gasteiger partial charge >= 0.3 is 0 Å². The predicted molar refractivity (Wildman–Crippen MR) is 133 cm³/mol. The molecule has 0 heterocycles. The number of halogens is 2. The van der Waals surface area contributed by atoms with Crippen LogP contribution in [0.3, 0.4) is 0 Å². The van der Waals surface area contributed by atoms with E-state index < -0.39 is 38.1 Å². The minimum atomic E-state index is -3.96. The van der Waals surface area contributed by atoms with E-state index in [0.29, 0.717) is 10.0 Å². The molecular formula is C22H30Cl2N2O6S2. The van der Waals surface area contributed by atoms with Gasteiger partial charge in [-0.3, -0.25) is 0 Å². The molecule has 0 unspecified atom stereocenters. The number of rotatable bonds is 12. The molecule has 0 aliphatic rings. The number of benzene rings is 2. The van der Waals surface area contributed by atoms with E-state index in [0.717, 1.165) is 4.31 Å². The topological polar surface area (TPSA) is 104 Å². The Hall–Kier alpha value is -1.24. The van der Waals surface area contributed by atoms with Gasteiger partial charge in [-0.15, -0.1) is 0 Å². The summed E-state index contributed by atoms with van der Waals surface area (Å²) in [6.07, 6.45) is -0.632. The lowest BCUT2D eigenvalue weighted by molar-refractivity contribution is 0.0360. The molecule has 0 aromatic heterocycles. The molecule has 2 rings (SSSR count). The minimum absolute atomic E-state index is 0.00372. The number of aliphatic hydroxyl groups is 1. The van der Waals surface area contributed by atoms with Crippen LogP contribution in [-0.4, -0.2) is 76.6 Å². The largest absolute Gasteiger partial charge is 0.395 e. The van der Waals surface area contributed by atoms with Crippen LogP contribution in [-0.2, 0) is 24.8 Å². The molecule has 8 nitrogen and oxygen atoms in total. The first-order valence-corrected chi connectivity index (χ1v) is 14.1. The Morgan fingerprint density at radius 1 is 0.912 bits per heavy atom. The minimum Gasteiger partial charge on any atom is -0.395 e. The molecule has 34 heavy (non-hydrogen) atoms. The Labute approximate surface area is 212 Å². The Bertz CT molecular complexity index is 1160. The lowest BCUT2D eigenvalue weighted by Gasteiger charge is -2.33. The highest BCUT2D eigenvalue weighted by Gasteiger charge is 2.34. The summed E-state index contributed by atoms with van der Waals surface area (Å²) in [5, 5.41) is 10.4. The molecule has 0 fully saturated rings. The average molecular weight is 554 g/mol. The highest BCUT2D eigenvalue weighted by molar-refractivity contribution is 7.89. The molecule has 2 aromatic carbocycles. The van der Waals surface area contributed by atoms with Crippen molar-refractivity contribution in [3.63, 3.8) is 0 Å². The lowest BCUT2D eigenvalue weighted by atomic mass is 10.0. The van der Waals surface area contributed by atoms with Crippen LogP contribution in [0.15, 0.2) is 58.3 Å². The van der Waals surface area contributed by atoms with Crippen LogP contribution in [0.4, 0.5) is 0 Å². The van der Waals surface area contributed by atoms with Crippen LogP contribution >= 0.6 is 23.2 Å². The van der Waals surface area contributed by atoms with Crippen molar-refractivity contribution in [1.82, 2.24) is 8.61 Å². The molecule has 3 atom stereocenters. The fraction of sp³-hybridized carbons (Fsp3) is 0.455. The Morgan fingerprint density at radius 2 is 1.53 bits per heavy atom. The number of aliphatic hydroxyl groups excluding tert-OH is 1. The molecule has 0 amide bonds. The second-order valence-electron chi connectivity index (χ2n) is 8.05. The first kappa shape index (κ1) is 29.0. The number of hydrogen-bond acceptors (Lipinski definition) is 6. The summed E-state index contributed by atoms with van der Waals surface area (Å²) in [5.74, 6) is -0.418. The summed E-state index contributed by atoms with van der Waals surface area (Å²) in [6.45, 7) is 2.95. The Kier molecular flexibility index (Phi) is 10.3. The first-order chi connectivity index (χ1) is 15.8. The second kappa shape index (κ2) is 12.1. The van der Waals surface area contributed by atoms with E-state index in [2.05, 4.69) is 0 Å². The van der Waals surface area contributed by atoms with E-state index in [1.807, 2.05) is 0 Å². The third-order valence-corrected chi connectivity index (χ3v) is 9.82. The van der Waals surface area contributed by atoms with E-state index in [9.17, 15) is 21.9 Å². The quantitative estimate of drug-likeness (QED) is 0.433. The van der Waals surface area contributed by atoms with Crippen LogP contribution in [0.5, 0.6) is 0 Å². The zero-order chi connectivity index (χ0) is 25.7. The van der Waals surface area contributed by atoms with Gasteiger partial charge in [0.25, 0.3) is 0 Å². The van der Waals surface area contributed by atoms with Gasteiger partial charge in [-0.25, -0.2) is 16.8 Å². The van der Waals surface area contributed by atoms with Gasteiger partial charge in [-0.2, -0.15) is 8.61 Å². The second-order valence-corrected chi connectivity index (χ2v) is 12.9. The molecule has 0 aliphatic carbocycles. The van der Waals surface area contributed by atoms with Gasteiger partial charge in [0.1, 0.15) is 0 Å². The number of sulfonamides is 2. The third kappa shape index (κ3) is 6.92. The number of methoxy groups -OCH3 is 1. The smallest absolute Gasteiger partial charge is 0.243 e. The van der Waals surface area contributed by atoms with Crippen molar-refractivity contribution in [3.05, 3.63) is 58.6 Å². The number of likely N-dealkylation sites (N-methyl/N-ethyl adjacent to an activating group) is 1. The summed E-state index contributed by atoms with van der Waals surface area (Å²) in [4.78, 5) is 0.0878. The zero-order valence-corrected chi connectivity index (χ0v) is 22.6. The van der Waals surface area contributed by atoms with Crippen LogP contribution < -0.4 is 0 Å². The standard InChI is InChI=1S/C22H30Cl2N2O6S2/c1-16(13-26(17(2)15-27)34(30,31)20-10-8-18(23)9-11-20)22(32-4)14-25(3)33(28,29)21-7-5-6-19(24)12-21/h5-12,16-17,22,27H,13-15H2,1-4H3/t16-,17+,22-/m1/s1. The fourth-order valence-electron chi connectivity index (χ4n) is 3.40. The molecule has 0 bridgehead atoms. The third-order valence-electron chi connectivity index (χ3n) is 5.52. The van der Waals surface area contributed by atoms with Gasteiger partial charge in [0.2, 0.25) is 20.0 Å². The summed E-state index contributed by atoms with van der Waals surface area (Å²) in [7, 11) is -4.94. The molecular weight excluding hydrogens is 523 g/mol. The van der Waals surface area contributed by atoms with E-state index in [1.54, 1.807) is 26.0 Å². The van der Waals surface area contributed by atoms with Gasteiger partial charge in [-0.1, -0.05) is 36.2 Å². The van der Waals surface area contributed by atoms with Gasteiger partial charge in [0.15, 0.2) is 0 Å². The molecule has 0 radical (unpaired) electrons. The van der Waals surface area contributed by atoms with Crippen LogP contribution in [0, 0.1) is 5.92 Å². The van der Waals surface area contributed by atoms with Crippen LogP contribution in [0.2, 0.25) is 10.0 Å². The summed E-state index contributed by atoms with van der Waals surface area (Å²) >= 11 is 11.8. The van der Waals surface area contributed by atoms with Crippen molar-refractivity contribution in [2.24, 2.45) is 5.92 Å². The zero-order valence-electron chi connectivity index (χ0n) is 19.4. The summed E-state index contributed by atoms with van der Waals surface area (Å²) < 4.78 is 60.4. The van der Waals surface area contributed by atoms with Crippen molar-refractivity contribution in [2.75, 3.05) is 33.9 Å². The maximum absolute atomic E-state index is 13.3. The van der Waals surface area contributed by atoms with Crippen molar-refractivity contribution in [1.29, 1.82) is 0 Å². The number of nitrogens with zero attached hydrogens (tertiary/aromatic N) is 2. The van der Waals surface area contributed by atoms with Gasteiger partial charge in [-0.05, 0) is 55.3 Å². The molecule has 0 saturated carbocycles. The highest BCUT2D eigenvalue weighted by Crippen LogP contribution is 2.24. The Balaban J connectivity index is 2.26. The molecule has 1 N–H and O–H groups in total. The maximum Gasteiger partial charge on any atom is 0.243 e. The van der Waals surface area contributed by atoms with Gasteiger partial charge < -0.3 is 9.84 Å². The predicted octanol–water partition coefficient (Wildman–Crippen LogP) is 3.34. The first-order valence-electron chi connectivity index (χ1n) is 10.5. The normalized spacial score (nSPS) is 15.4. The van der Waals surface area contributed by atoms with E-state index in [1.165, 1.54) is 54.9 Å². The highest BCUT2D eigenvalue weighted by atomic mass is 35.5. The summed E-state index contributed by atoms with van der Waals surface area (Å²) in [5.41, 5.74) is 0.